The zero-order valence-corrected chi connectivity index (χ0v) is 20.2. The van der Waals surface area contributed by atoms with Crippen LogP contribution >= 0.6 is 35.0 Å². The minimum atomic E-state index is -0.211. The summed E-state index contributed by atoms with van der Waals surface area (Å²) in [5.41, 5.74) is 2.65. The van der Waals surface area contributed by atoms with Crippen LogP contribution in [0.25, 0.3) is 6.08 Å². The van der Waals surface area contributed by atoms with Crippen LogP contribution in [0.5, 0.6) is 0 Å². The van der Waals surface area contributed by atoms with Gasteiger partial charge in [0.25, 0.3) is 5.91 Å². The number of amidine groups is 1. The van der Waals surface area contributed by atoms with Crippen molar-refractivity contribution in [3.8, 4) is 0 Å². The van der Waals surface area contributed by atoms with Crippen molar-refractivity contribution < 1.29 is 9.21 Å². The Kier molecular flexibility index (Phi) is 7.23. The van der Waals surface area contributed by atoms with Gasteiger partial charge in [0.05, 0.1) is 34.0 Å². The molecule has 0 unspecified atom stereocenters. The molecule has 2 heterocycles. The van der Waals surface area contributed by atoms with Gasteiger partial charge in [-0.05, 0) is 59.3 Å². The van der Waals surface area contributed by atoms with E-state index in [1.807, 2.05) is 43.3 Å². The van der Waals surface area contributed by atoms with Crippen LogP contribution in [-0.4, -0.2) is 36.3 Å². The first-order valence-electron chi connectivity index (χ1n) is 9.98. The summed E-state index contributed by atoms with van der Waals surface area (Å²) in [4.78, 5) is 17.2. The van der Waals surface area contributed by atoms with Gasteiger partial charge < -0.3 is 9.32 Å². The lowest BCUT2D eigenvalue weighted by Crippen LogP contribution is -2.28. The van der Waals surface area contributed by atoms with Crippen molar-refractivity contribution in [1.29, 1.82) is 0 Å². The zero-order valence-electron chi connectivity index (χ0n) is 17.9. The van der Waals surface area contributed by atoms with Gasteiger partial charge >= 0.3 is 0 Å². The smallest absolute Gasteiger partial charge is 0.267 e. The minimum absolute atomic E-state index is 0.211. The average molecular weight is 499 g/mol. The third-order valence-corrected chi connectivity index (χ3v) is 6.64. The molecule has 0 saturated carbocycles. The average Bonchev–Trinajstić information content (AvgIpc) is 3.41. The Hall–Kier alpha value is -3.00. The highest BCUT2D eigenvalue weighted by molar-refractivity contribution is 8.18. The number of rotatable bonds is 6. The number of carbonyl (C=O) groups excluding carboxylic acids is 1. The largest absolute Gasteiger partial charge is 0.467 e. The maximum Gasteiger partial charge on any atom is 0.267 e. The number of thioether (sulfide) groups is 1. The topological polar surface area (TPSA) is 61.4 Å². The van der Waals surface area contributed by atoms with Gasteiger partial charge in [0.1, 0.15) is 5.76 Å². The summed E-state index contributed by atoms with van der Waals surface area (Å²) in [7, 11) is 3.97. The first-order valence-corrected chi connectivity index (χ1v) is 11.6. The molecule has 4 rings (SSSR count). The molecule has 33 heavy (non-hydrogen) atoms. The predicted molar refractivity (Wildman–Crippen MR) is 137 cm³/mol. The molecule has 1 amide bonds. The molecule has 1 aromatic heterocycles. The maximum absolute atomic E-state index is 13.2. The van der Waals surface area contributed by atoms with Gasteiger partial charge in [0, 0.05) is 19.8 Å². The summed E-state index contributed by atoms with van der Waals surface area (Å²) < 4.78 is 5.43. The molecule has 168 valence electrons. The summed E-state index contributed by atoms with van der Waals surface area (Å²) in [6.07, 6.45) is 4.93. The first-order chi connectivity index (χ1) is 15.9. The Labute approximate surface area is 206 Å². The van der Waals surface area contributed by atoms with Crippen LogP contribution in [0, 0.1) is 0 Å². The molecule has 1 saturated heterocycles. The molecule has 1 aliphatic heterocycles. The van der Waals surface area contributed by atoms with Crippen molar-refractivity contribution in [1.82, 2.24) is 4.90 Å². The third-order valence-electron chi connectivity index (χ3n) is 4.81. The number of anilines is 1. The van der Waals surface area contributed by atoms with Crippen molar-refractivity contribution in [2.75, 3.05) is 19.0 Å². The van der Waals surface area contributed by atoms with Gasteiger partial charge in [-0.25, -0.2) is 0 Å². The van der Waals surface area contributed by atoms with Crippen LogP contribution in [0.1, 0.15) is 16.9 Å². The van der Waals surface area contributed by atoms with Crippen LogP contribution in [0.2, 0.25) is 10.0 Å². The lowest BCUT2D eigenvalue weighted by molar-refractivity contribution is -0.122. The van der Waals surface area contributed by atoms with Crippen LogP contribution in [-0.2, 0) is 11.3 Å². The molecule has 0 radical (unpaired) electrons. The SMILES string of the molecule is CN(C)c1ccc(/C=N\N=C2\S/C(=C\c3cccc(Cl)c3Cl)C(=O)N2Cc2ccco2)cc1. The van der Waals surface area contributed by atoms with Gasteiger partial charge in [0.15, 0.2) is 5.17 Å². The lowest BCUT2D eigenvalue weighted by atomic mass is 10.2. The van der Waals surface area contributed by atoms with Crippen LogP contribution in [0.4, 0.5) is 5.69 Å². The fourth-order valence-corrected chi connectivity index (χ4v) is 4.35. The number of halogens is 2. The Bertz CT molecular complexity index is 1240. The van der Waals surface area contributed by atoms with E-state index in [1.165, 1.54) is 16.7 Å². The van der Waals surface area contributed by atoms with Crippen LogP contribution in [0.3, 0.4) is 0 Å². The molecule has 0 N–H and O–H groups in total. The molecule has 6 nitrogen and oxygen atoms in total. The van der Waals surface area contributed by atoms with E-state index in [0.29, 0.717) is 31.4 Å². The third kappa shape index (κ3) is 5.50. The van der Waals surface area contributed by atoms with Crippen molar-refractivity contribution in [2.24, 2.45) is 10.2 Å². The van der Waals surface area contributed by atoms with E-state index in [9.17, 15) is 4.79 Å². The molecular weight excluding hydrogens is 479 g/mol. The van der Waals surface area contributed by atoms with E-state index in [2.05, 4.69) is 10.2 Å². The first kappa shape index (κ1) is 23.2. The quantitative estimate of drug-likeness (QED) is 0.232. The molecule has 9 heteroatoms. The van der Waals surface area contributed by atoms with Crippen LogP contribution in [0.15, 0.2) is 80.4 Å². The fourth-order valence-electron chi connectivity index (χ4n) is 3.06. The number of hydrogen-bond acceptors (Lipinski definition) is 6. The normalized spacial score (nSPS) is 16.5. The van der Waals surface area contributed by atoms with Crippen LogP contribution < -0.4 is 4.90 Å². The van der Waals surface area contributed by atoms with E-state index in [-0.39, 0.29) is 12.5 Å². The number of nitrogens with zero attached hydrogens (tertiary/aromatic N) is 4. The lowest BCUT2D eigenvalue weighted by Gasteiger charge is -2.12. The van der Waals surface area contributed by atoms with Gasteiger partial charge in [-0.15, -0.1) is 5.10 Å². The van der Waals surface area contributed by atoms with Gasteiger partial charge in [-0.3, -0.25) is 9.69 Å². The highest BCUT2D eigenvalue weighted by Crippen LogP contribution is 2.36. The number of carbonyl (C=O) groups is 1. The zero-order chi connectivity index (χ0) is 23.4. The molecule has 0 atom stereocenters. The Balaban J connectivity index is 1.61. The molecular formula is C24H20Cl2N4O2S. The molecule has 0 aliphatic carbocycles. The molecule has 1 fully saturated rings. The number of furan rings is 1. The van der Waals surface area contributed by atoms with Crippen molar-refractivity contribution in [3.05, 3.63) is 92.7 Å². The molecule has 0 bridgehead atoms. The molecule has 0 spiro atoms. The molecule has 3 aromatic rings. The van der Waals surface area contributed by atoms with E-state index >= 15 is 0 Å². The van der Waals surface area contributed by atoms with Crippen molar-refractivity contribution in [3.63, 3.8) is 0 Å². The fraction of sp³-hybridized carbons (Fsp3) is 0.125. The van der Waals surface area contributed by atoms with E-state index < -0.39 is 0 Å². The van der Waals surface area contributed by atoms with Crippen molar-refractivity contribution >= 4 is 64.0 Å². The van der Waals surface area contributed by atoms with Gasteiger partial charge in [-0.1, -0.05) is 47.5 Å². The summed E-state index contributed by atoms with van der Waals surface area (Å²) in [5.74, 6) is 0.429. The number of hydrogen-bond donors (Lipinski definition) is 0. The second-order valence-corrected chi connectivity index (χ2v) is 9.13. The summed E-state index contributed by atoms with van der Waals surface area (Å²) in [6.45, 7) is 0.241. The highest BCUT2D eigenvalue weighted by atomic mass is 35.5. The Morgan fingerprint density at radius 3 is 2.58 bits per heavy atom. The molecule has 2 aromatic carbocycles. The minimum Gasteiger partial charge on any atom is -0.467 e. The van der Waals surface area contributed by atoms with E-state index in [1.54, 1.807) is 48.9 Å². The number of amides is 1. The van der Waals surface area contributed by atoms with Gasteiger partial charge in [0.2, 0.25) is 0 Å². The van der Waals surface area contributed by atoms with Crippen molar-refractivity contribution in [2.45, 2.75) is 6.54 Å². The maximum atomic E-state index is 13.2. The Morgan fingerprint density at radius 2 is 1.88 bits per heavy atom. The highest BCUT2D eigenvalue weighted by Gasteiger charge is 2.34. The predicted octanol–water partition coefficient (Wildman–Crippen LogP) is 6.16. The second kappa shape index (κ2) is 10.3. The summed E-state index contributed by atoms with van der Waals surface area (Å²) in [6, 6.07) is 16.8. The van der Waals surface area contributed by atoms with E-state index in [0.717, 1.165) is 11.3 Å². The van der Waals surface area contributed by atoms with E-state index in [4.69, 9.17) is 27.6 Å². The summed E-state index contributed by atoms with van der Waals surface area (Å²) >= 11 is 13.7. The monoisotopic (exact) mass is 498 g/mol. The number of benzene rings is 2. The standard InChI is InChI=1S/C24H20Cl2N4O2S/c1-29(2)18-10-8-16(9-11-18)14-27-28-24-30(15-19-6-4-12-32-19)23(31)21(33-24)13-17-5-3-7-20(25)22(17)26/h3-14H,15H2,1-2H3/b21-13-,27-14-,28-24+. The summed E-state index contributed by atoms with van der Waals surface area (Å²) in [5, 5.41) is 9.80. The Morgan fingerprint density at radius 1 is 1.09 bits per heavy atom. The van der Waals surface area contributed by atoms with Gasteiger partial charge in [-0.2, -0.15) is 5.10 Å². The molecule has 1 aliphatic rings. The second-order valence-electron chi connectivity index (χ2n) is 7.34.